The monoisotopic (exact) mass is 479 g/mol. The molecule has 9 heteroatoms. The fraction of sp³-hybridized carbons (Fsp3) is 0.346. The first-order valence-electron chi connectivity index (χ1n) is 11.4. The van der Waals surface area contributed by atoms with E-state index in [1.54, 1.807) is 0 Å². The number of carbonyl (C=O) groups is 5. The maximum atomic E-state index is 12.6. The van der Waals surface area contributed by atoms with Gasteiger partial charge >= 0.3 is 6.09 Å². The highest BCUT2D eigenvalue weighted by atomic mass is 16.5. The van der Waals surface area contributed by atoms with Crippen LogP contribution in [0.3, 0.4) is 0 Å². The van der Waals surface area contributed by atoms with Crippen LogP contribution in [0.25, 0.3) is 11.1 Å². The van der Waals surface area contributed by atoms with Gasteiger partial charge in [0.25, 0.3) is 0 Å². The third kappa shape index (κ3) is 6.99. The highest BCUT2D eigenvalue weighted by molar-refractivity contribution is 5.90. The number of carbonyl (C=O) groups excluding carboxylic acids is 5. The van der Waals surface area contributed by atoms with Gasteiger partial charge in [0.2, 0.25) is 11.8 Å². The second-order valence-corrected chi connectivity index (χ2v) is 8.46. The summed E-state index contributed by atoms with van der Waals surface area (Å²) in [5, 5.41) is 7.38. The van der Waals surface area contributed by atoms with Gasteiger partial charge in [0, 0.05) is 12.3 Å². The Kier molecular flexibility index (Phi) is 8.72. The van der Waals surface area contributed by atoms with E-state index in [0.29, 0.717) is 0 Å². The number of alkyl carbamates (subject to hydrolysis) is 1. The van der Waals surface area contributed by atoms with E-state index in [1.165, 1.54) is 13.8 Å². The number of amides is 3. The molecule has 1 aliphatic carbocycles. The van der Waals surface area contributed by atoms with Gasteiger partial charge in [-0.15, -0.1) is 0 Å². The summed E-state index contributed by atoms with van der Waals surface area (Å²) in [5.74, 6) is -1.63. The minimum absolute atomic E-state index is 0.0301. The lowest BCUT2D eigenvalue weighted by atomic mass is 9.98. The second-order valence-electron chi connectivity index (χ2n) is 8.46. The van der Waals surface area contributed by atoms with E-state index in [2.05, 4.69) is 16.0 Å². The van der Waals surface area contributed by atoms with Gasteiger partial charge in [-0.25, -0.2) is 4.79 Å². The zero-order valence-corrected chi connectivity index (χ0v) is 19.8. The molecule has 3 rings (SSSR count). The van der Waals surface area contributed by atoms with Crippen molar-refractivity contribution in [3.05, 3.63) is 59.7 Å². The van der Waals surface area contributed by atoms with Crippen LogP contribution >= 0.6 is 0 Å². The van der Waals surface area contributed by atoms with Crippen LogP contribution in [0.4, 0.5) is 4.79 Å². The Morgan fingerprint density at radius 3 is 1.94 bits per heavy atom. The van der Waals surface area contributed by atoms with Crippen LogP contribution in [0.2, 0.25) is 0 Å². The Bertz CT molecular complexity index is 1080. The number of ketones is 2. The molecule has 0 aliphatic heterocycles. The third-order valence-corrected chi connectivity index (χ3v) is 5.66. The highest BCUT2D eigenvalue weighted by Gasteiger charge is 2.30. The van der Waals surface area contributed by atoms with Crippen molar-refractivity contribution in [2.24, 2.45) is 0 Å². The van der Waals surface area contributed by atoms with Crippen molar-refractivity contribution in [3.8, 4) is 11.1 Å². The summed E-state index contributed by atoms with van der Waals surface area (Å²) in [5.41, 5.74) is 4.30. The van der Waals surface area contributed by atoms with E-state index in [1.807, 2.05) is 48.5 Å². The van der Waals surface area contributed by atoms with Crippen molar-refractivity contribution in [2.45, 2.75) is 38.6 Å². The van der Waals surface area contributed by atoms with Crippen LogP contribution in [-0.2, 0) is 23.9 Å². The van der Waals surface area contributed by atoms with Crippen LogP contribution in [0, 0.1) is 0 Å². The maximum Gasteiger partial charge on any atom is 0.407 e. The van der Waals surface area contributed by atoms with E-state index in [0.717, 1.165) is 22.3 Å². The number of nitrogens with one attached hydrogen (secondary N) is 3. The second kappa shape index (κ2) is 11.9. The summed E-state index contributed by atoms with van der Waals surface area (Å²) < 4.78 is 5.49. The summed E-state index contributed by atoms with van der Waals surface area (Å²) in [4.78, 5) is 59.4. The number of hydrogen-bond acceptors (Lipinski definition) is 6. The number of hydrogen-bond donors (Lipinski definition) is 3. The molecule has 3 N–H and O–H groups in total. The summed E-state index contributed by atoms with van der Waals surface area (Å²) in [6.45, 7) is 2.43. The van der Waals surface area contributed by atoms with Gasteiger partial charge in [-0.05, 0) is 42.5 Å². The lowest BCUT2D eigenvalue weighted by molar-refractivity contribution is -0.127. The molecule has 1 atom stereocenters. The Morgan fingerprint density at radius 2 is 1.37 bits per heavy atom. The van der Waals surface area contributed by atoms with E-state index >= 15 is 0 Å². The Labute approximate surface area is 203 Å². The average Bonchev–Trinajstić information content (AvgIpc) is 3.16. The Morgan fingerprint density at radius 1 is 0.829 bits per heavy atom. The first-order chi connectivity index (χ1) is 16.8. The minimum Gasteiger partial charge on any atom is -0.449 e. The molecule has 3 amide bonds. The van der Waals surface area contributed by atoms with Crippen molar-refractivity contribution in [3.63, 3.8) is 0 Å². The van der Waals surface area contributed by atoms with Crippen molar-refractivity contribution in [2.75, 3.05) is 19.7 Å². The third-order valence-electron chi connectivity index (χ3n) is 5.66. The smallest absolute Gasteiger partial charge is 0.407 e. The molecule has 0 fully saturated rings. The molecule has 1 unspecified atom stereocenters. The molecule has 0 bridgehead atoms. The molecule has 0 aromatic heterocycles. The highest BCUT2D eigenvalue weighted by Crippen LogP contribution is 2.44. The largest absolute Gasteiger partial charge is 0.449 e. The van der Waals surface area contributed by atoms with Crippen molar-refractivity contribution < 1.29 is 28.7 Å². The molecule has 35 heavy (non-hydrogen) atoms. The van der Waals surface area contributed by atoms with Gasteiger partial charge in [-0.1, -0.05) is 48.5 Å². The molecule has 2 aromatic carbocycles. The molecule has 9 nitrogen and oxygen atoms in total. The molecule has 0 saturated heterocycles. The summed E-state index contributed by atoms with van der Waals surface area (Å²) in [7, 11) is 0. The first-order valence-corrected chi connectivity index (χ1v) is 11.4. The van der Waals surface area contributed by atoms with Gasteiger partial charge in [-0.2, -0.15) is 0 Å². The predicted octanol–water partition coefficient (Wildman–Crippen LogP) is 2.08. The number of rotatable bonds is 11. The maximum absolute atomic E-state index is 12.6. The van der Waals surface area contributed by atoms with Crippen molar-refractivity contribution in [1.29, 1.82) is 0 Å². The number of ether oxygens (including phenoxy) is 1. The Hall–Kier alpha value is -4.01. The molecule has 0 spiro atoms. The van der Waals surface area contributed by atoms with E-state index in [-0.39, 0.29) is 50.0 Å². The molecule has 0 radical (unpaired) electrons. The lowest BCUT2D eigenvalue weighted by Gasteiger charge is -2.19. The number of Topliss-reactive ketones (excluding diaryl/α,β-unsaturated/α-hetero) is 2. The molecule has 0 saturated carbocycles. The van der Waals surface area contributed by atoms with Crippen LogP contribution in [0.5, 0.6) is 0 Å². The van der Waals surface area contributed by atoms with Crippen LogP contribution in [0.15, 0.2) is 48.5 Å². The standard InChI is InChI=1S/C26H29N3O6/c1-16(30)13-27-24(32)12-11-23(25(33)28-14-17(2)31)29-26(34)35-15-22-20-9-5-3-7-18(20)19-8-4-6-10-21(19)22/h3-10,22-23H,11-15H2,1-2H3,(H,27,32)(H,28,33)(H,29,34). The quantitative estimate of drug-likeness (QED) is 0.452. The topological polar surface area (TPSA) is 131 Å². The summed E-state index contributed by atoms with van der Waals surface area (Å²) in [6.07, 6.45) is -0.939. The number of fused-ring (bicyclic) bond motifs is 3. The van der Waals surface area contributed by atoms with E-state index in [4.69, 9.17) is 4.74 Å². The van der Waals surface area contributed by atoms with Crippen LogP contribution in [0.1, 0.15) is 43.7 Å². The first kappa shape index (κ1) is 25.6. The summed E-state index contributed by atoms with van der Waals surface area (Å²) in [6, 6.07) is 14.8. The van der Waals surface area contributed by atoms with Crippen molar-refractivity contribution in [1.82, 2.24) is 16.0 Å². The zero-order valence-electron chi connectivity index (χ0n) is 19.8. The van der Waals surface area contributed by atoms with Crippen LogP contribution in [-0.4, -0.2) is 55.2 Å². The Balaban J connectivity index is 1.62. The lowest BCUT2D eigenvalue weighted by Crippen LogP contribution is -2.48. The van der Waals surface area contributed by atoms with Crippen molar-refractivity contribution >= 4 is 29.5 Å². The summed E-state index contributed by atoms with van der Waals surface area (Å²) >= 11 is 0. The minimum atomic E-state index is -1.09. The van der Waals surface area contributed by atoms with Gasteiger partial charge in [0.05, 0.1) is 13.1 Å². The number of benzene rings is 2. The zero-order chi connectivity index (χ0) is 25.4. The molecule has 2 aromatic rings. The predicted molar refractivity (Wildman–Crippen MR) is 129 cm³/mol. The molecule has 0 heterocycles. The average molecular weight is 480 g/mol. The molecular weight excluding hydrogens is 450 g/mol. The molecular formula is C26H29N3O6. The molecule has 184 valence electrons. The molecule has 1 aliphatic rings. The van der Waals surface area contributed by atoms with Gasteiger partial charge in [0.1, 0.15) is 24.2 Å². The van der Waals surface area contributed by atoms with Crippen LogP contribution < -0.4 is 16.0 Å². The normalized spacial score (nSPS) is 12.6. The SMILES string of the molecule is CC(=O)CNC(=O)CCC(NC(=O)OCC1c2ccccc2-c2ccccc21)C(=O)NCC(C)=O. The van der Waals surface area contributed by atoms with Gasteiger partial charge in [0.15, 0.2) is 0 Å². The van der Waals surface area contributed by atoms with E-state index in [9.17, 15) is 24.0 Å². The van der Waals surface area contributed by atoms with Gasteiger partial charge in [-0.3, -0.25) is 19.2 Å². The van der Waals surface area contributed by atoms with Gasteiger partial charge < -0.3 is 20.7 Å². The fourth-order valence-corrected chi connectivity index (χ4v) is 3.97. The van der Waals surface area contributed by atoms with E-state index < -0.39 is 23.9 Å². The fourth-order valence-electron chi connectivity index (χ4n) is 3.97.